The highest BCUT2D eigenvalue weighted by atomic mass is 16.5. The molecule has 3 fully saturated rings. The maximum atomic E-state index is 5.74. The maximum Gasteiger partial charge on any atom is 0.0547 e. The Morgan fingerprint density at radius 3 is 2.81 bits per heavy atom. The minimum absolute atomic E-state index is 0.363. The molecule has 0 radical (unpaired) electrons. The fourth-order valence-electron chi connectivity index (χ4n) is 5.14. The largest absolute Gasteiger partial charge is 0.381 e. The molecule has 4 unspecified atom stereocenters. The average Bonchev–Trinajstić information content (AvgIpc) is 3.16. The predicted octanol–water partition coefficient (Wildman–Crippen LogP) is 2.76. The van der Waals surface area contributed by atoms with Gasteiger partial charge in [0.1, 0.15) is 0 Å². The van der Waals surface area contributed by atoms with Crippen molar-refractivity contribution in [3.05, 3.63) is 0 Å². The first-order valence-corrected chi connectivity index (χ1v) is 9.18. The van der Waals surface area contributed by atoms with Crippen LogP contribution in [-0.4, -0.2) is 51.3 Å². The Morgan fingerprint density at radius 1 is 1.29 bits per heavy atom. The Morgan fingerprint density at radius 2 is 2.19 bits per heavy atom. The van der Waals surface area contributed by atoms with Gasteiger partial charge in [-0.2, -0.15) is 0 Å². The van der Waals surface area contributed by atoms with Crippen LogP contribution >= 0.6 is 0 Å². The summed E-state index contributed by atoms with van der Waals surface area (Å²) in [6, 6.07) is 0. The lowest BCUT2D eigenvalue weighted by molar-refractivity contribution is 0.106. The molecule has 0 aromatic heterocycles. The summed E-state index contributed by atoms with van der Waals surface area (Å²) in [6.45, 7) is 8.93. The van der Waals surface area contributed by atoms with Crippen molar-refractivity contribution >= 4 is 0 Å². The van der Waals surface area contributed by atoms with E-state index in [1.165, 1.54) is 51.6 Å². The summed E-state index contributed by atoms with van der Waals surface area (Å²) in [5.74, 6) is 3.10. The normalized spacial score (nSPS) is 38.7. The monoisotopic (exact) mass is 294 g/mol. The number of rotatable bonds is 8. The Kier molecular flexibility index (Phi) is 5.23. The van der Waals surface area contributed by atoms with Crippen LogP contribution < -0.4 is 5.32 Å². The molecule has 0 aromatic rings. The van der Waals surface area contributed by atoms with E-state index in [-0.39, 0.29) is 0 Å². The van der Waals surface area contributed by atoms with Crippen LogP contribution in [0.2, 0.25) is 0 Å². The topological polar surface area (TPSA) is 24.5 Å². The van der Waals surface area contributed by atoms with Gasteiger partial charge in [-0.1, -0.05) is 13.3 Å². The number of fused-ring (bicyclic) bond motifs is 2. The summed E-state index contributed by atoms with van der Waals surface area (Å²) < 4.78 is 5.74. The van der Waals surface area contributed by atoms with E-state index >= 15 is 0 Å². The summed E-state index contributed by atoms with van der Waals surface area (Å²) in [4.78, 5) is 2.62. The molecule has 4 atom stereocenters. The molecular formula is C18H34N2O. The lowest BCUT2D eigenvalue weighted by Gasteiger charge is -2.35. The molecule has 1 saturated heterocycles. The number of nitrogens with one attached hydrogen (secondary N) is 1. The molecule has 122 valence electrons. The highest BCUT2D eigenvalue weighted by Crippen LogP contribution is 2.48. The fourth-order valence-corrected chi connectivity index (χ4v) is 5.14. The summed E-state index contributed by atoms with van der Waals surface area (Å²) in [7, 11) is 2.34. The molecule has 3 heteroatoms. The van der Waals surface area contributed by atoms with Gasteiger partial charge in [-0.05, 0) is 63.5 Å². The van der Waals surface area contributed by atoms with Crippen LogP contribution in [0, 0.1) is 23.2 Å². The molecule has 1 heterocycles. The Balaban J connectivity index is 1.48. The van der Waals surface area contributed by atoms with Crippen LogP contribution in [0.15, 0.2) is 0 Å². The van der Waals surface area contributed by atoms with Gasteiger partial charge >= 0.3 is 0 Å². The van der Waals surface area contributed by atoms with Crippen molar-refractivity contribution < 1.29 is 4.74 Å². The van der Waals surface area contributed by atoms with E-state index in [9.17, 15) is 0 Å². The van der Waals surface area contributed by atoms with Gasteiger partial charge in [0.05, 0.1) is 6.61 Å². The SMILES string of the molecule is CCCNCC1(CN(C)CC2CC3CCC2C3)CCOC1. The number of nitrogens with zero attached hydrogens (tertiary/aromatic N) is 1. The van der Waals surface area contributed by atoms with Gasteiger partial charge in [0.25, 0.3) is 0 Å². The first-order chi connectivity index (χ1) is 10.2. The molecule has 0 amide bonds. The number of hydrogen-bond donors (Lipinski definition) is 1. The van der Waals surface area contributed by atoms with Crippen molar-refractivity contribution in [1.82, 2.24) is 10.2 Å². The highest BCUT2D eigenvalue weighted by Gasteiger charge is 2.41. The van der Waals surface area contributed by atoms with E-state index in [1.54, 1.807) is 0 Å². The van der Waals surface area contributed by atoms with Gasteiger partial charge in [0, 0.05) is 31.7 Å². The third kappa shape index (κ3) is 3.80. The van der Waals surface area contributed by atoms with Gasteiger partial charge in [-0.15, -0.1) is 0 Å². The summed E-state index contributed by atoms with van der Waals surface area (Å²) in [6.07, 6.45) is 8.51. The van der Waals surface area contributed by atoms with Crippen LogP contribution in [0.25, 0.3) is 0 Å². The van der Waals surface area contributed by atoms with Gasteiger partial charge in [-0.3, -0.25) is 0 Å². The van der Waals surface area contributed by atoms with E-state index in [0.717, 1.165) is 44.1 Å². The van der Waals surface area contributed by atoms with E-state index in [4.69, 9.17) is 4.74 Å². The Labute approximate surface area is 130 Å². The molecule has 0 spiro atoms. The van der Waals surface area contributed by atoms with Crippen molar-refractivity contribution in [2.45, 2.75) is 45.4 Å². The van der Waals surface area contributed by atoms with Gasteiger partial charge in [-0.25, -0.2) is 0 Å². The first-order valence-electron chi connectivity index (χ1n) is 9.18. The minimum atomic E-state index is 0.363. The van der Waals surface area contributed by atoms with Crippen LogP contribution in [0.5, 0.6) is 0 Å². The predicted molar refractivity (Wildman–Crippen MR) is 87.5 cm³/mol. The Hall–Kier alpha value is -0.120. The molecule has 1 N–H and O–H groups in total. The Bertz CT molecular complexity index is 327. The summed E-state index contributed by atoms with van der Waals surface area (Å²) >= 11 is 0. The quantitative estimate of drug-likeness (QED) is 0.697. The van der Waals surface area contributed by atoms with E-state index < -0.39 is 0 Å². The lowest BCUT2D eigenvalue weighted by atomic mass is 9.85. The second-order valence-electron chi connectivity index (χ2n) is 8.11. The minimum Gasteiger partial charge on any atom is -0.381 e. The second-order valence-corrected chi connectivity index (χ2v) is 8.11. The van der Waals surface area contributed by atoms with Crippen LogP contribution in [0.1, 0.15) is 45.4 Å². The molecule has 2 aliphatic carbocycles. The highest BCUT2D eigenvalue weighted by molar-refractivity contribution is 4.93. The molecule has 0 aromatic carbocycles. The third-order valence-electron chi connectivity index (χ3n) is 6.15. The molecule has 3 rings (SSSR count). The van der Waals surface area contributed by atoms with Gasteiger partial charge in [0.15, 0.2) is 0 Å². The van der Waals surface area contributed by atoms with Gasteiger partial charge < -0.3 is 15.0 Å². The average molecular weight is 294 g/mol. The van der Waals surface area contributed by atoms with Crippen molar-refractivity contribution in [3.8, 4) is 0 Å². The molecule has 2 bridgehead atoms. The molecule has 21 heavy (non-hydrogen) atoms. The smallest absolute Gasteiger partial charge is 0.0547 e. The molecule has 3 aliphatic rings. The van der Waals surface area contributed by atoms with Crippen LogP contribution in [0.4, 0.5) is 0 Å². The molecule has 3 nitrogen and oxygen atoms in total. The third-order valence-corrected chi connectivity index (χ3v) is 6.15. The van der Waals surface area contributed by atoms with E-state index in [0.29, 0.717) is 5.41 Å². The van der Waals surface area contributed by atoms with Crippen molar-refractivity contribution in [2.75, 3.05) is 46.4 Å². The van der Waals surface area contributed by atoms with Crippen molar-refractivity contribution in [2.24, 2.45) is 23.2 Å². The lowest BCUT2D eigenvalue weighted by Crippen LogP contribution is -2.45. The molecule has 2 saturated carbocycles. The van der Waals surface area contributed by atoms with Gasteiger partial charge in [0.2, 0.25) is 0 Å². The van der Waals surface area contributed by atoms with E-state index in [2.05, 4.69) is 24.2 Å². The first kappa shape index (κ1) is 15.8. The standard InChI is InChI=1S/C18H34N2O/c1-3-7-19-12-18(6-8-21-14-18)13-20(2)11-17-10-15-4-5-16(17)9-15/h15-17,19H,3-14H2,1-2H3. The fraction of sp³-hybridized carbons (Fsp3) is 1.00. The molecule has 1 aliphatic heterocycles. The van der Waals surface area contributed by atoms with Crippen molar-refractivity contribution in [1.29, 1.82) is 0 Å². The zero-order valence-electron chi connectivity index (χ0n) is 14.1. The molecular weight excluding hydrogens is 260 g/mol. The summed E-state index contributed by atoms with van der Waals surface area (Å²) in [5.41, 5.74) is 0.363. The number of hydrogen-bond acceptors (Lipinski definition) is 3. The van der Waals surface area contributed by atoms with Crippen LogP contribution in [-0.2, 0) is 4.74 Å². The van der Waals surface area contributed by atoms with Crippen LogP contribution in [0.3, 0.4) is 0 Å². The second kappa shape index (κ2) is 6.97. The maximum absolute atomic E-state index is 5.74. The van der Waals surface area contributed by atoms with E-state index in [1.807, 2.05) is 0 Å². The zero-order valence-corrected chi connectivity index (χ0v) is 14.1. The summed E-state index contributed by atoms with van der Waals surface area (Å²) in [5, 5.41) is 3.64. The number of ether oxygens (including phenoxy) is 1. The zero-order chi connectivity index (χ0) is 14.7. The van der Waals surface area contributed by atoms with Crippen molar-refractivity contribution in [3.63, 3.8) is 0 Å².